The van der Waals surface area contributed by atoms with Gasteiger partial charge in [-0.15, -0.1) is 0 Å². The Balaban J connectivity index is 1.51. The van der Waals surface area contributed by atoms with Crippen LogP contribution in [0, 0.1) is 19.7 Å². The number of rotatable bonds is 4. The number of fused-ring (bicyclic) bond motifs is 1. The van der Waals surface area contributed by atoms with E-state index in [4.69, 9.17) is 13.9 Å². The Bertz CT molecular complexity index is 1120. The Kier molecular flexibility index (Phi) is 4.67. The average molecular weight is 396 g/mol. The van der Waals surface area contributed by atoms with Crippen molar-refractivity contribution in [1.82, 2.24) is 0 Å². The molecule has 0 bridgehead atoms. The molecule has 2 amide bonds. The third-order valence-electron chi connectivity index (χ3n) is 4.39. The van der Waals surface area contributed by atoms with Gasteiger partial charge in [-0.2, -0.15) is 0 Å². The first-order valence-corrected chi connectivity index (χ1v) is 8.79. The Morgan fingerprint density at radius 2 is 1.72 bits per heavy atom. The van der Waals surface area contributed by atoms with Gasteiger partial charge in [-0.3, -0.25) is 9.59 Å². The fraction of sp³-hybridized carbons (Fsp3) is 0.143. The lowest BCUT2D eigenvalue weighted by molar-refractivity contribution is 0.101. The molecular weight excluding hydrogens is 379 g/mol. The van der Waals surface area contributed by atoms with E-state index < -0.39 is 17.6 Å². The minimum absolute atomic E-state index is 0.0586. The molecule has 29 heavy (non-hydrogen) atoms. The van der Waals surface area contributed by atoms with E-state index in [0.717, 1.165) is 0 Å². The molecule has 2 heterocycles. The third-order valence-corrected chi connectivity index (χ3v) is 4.39. The van der Waals surface area contributed by atoms with Crippen LogP contribution >= 0.6 is 0 Å². The highest BCUT2D eigenvalue weighted by Crippen LogP contribution is 2.32. The predicted molar refractivity (Wildman–Crippen MR) is 103 cm³/mol. The van der Waals surface area contributed by atoms with Crippen LogP contribution in [0.1, 0.15) is 32.2 Å². The Labute approximate surface area is 165 Å². The van der Waals surface area contributed by atoms with E-state index in [2.05, 4.69) is 10.6 Å². The summed E-state index contributed by atoms with van der Waals surface area (Å²) in [4.78, 5) is 24.9. The lowest BCUT2D eigenvalue weighted by Crippen LogP contribution is -2.15. The summed E-state index contributed by atoms with van der Waals surface area (Å²) in [5.74, 6) is 0.530. The summed E-state index contributed by atoms with van der Waals surface area (Å²) in [6, 6.07) is 10.3. The van der Waals surface area contributed by atoms with E-state index in [1.165, 1.54) is 18.2 Å². The van der Waals surface area contributed by atoms with Crippen LogP contribution in [0.2, 0.25) is 0 Å². The van der Waals surface area contributed by atoms with Crippen LogP contribution in [-0.2, 0) is 0 Å². The van der Waals surface area contributed by atoms with E-state index >= 15 is 0 Å². The van der Waals surface area contributed by atoms with E-state index in [-0.39, 0.29) is 12.5 Å². The van der Waals surface area contributed by atoms with Gasteiger partial charge in [-0.05, 0) is 56.3 Å². The van der Waals surface area contributed by atoms with Gasteiger partial charge < -0.3 is 24.5 Å². The van der Waals surface area contributed by atoms with Crippen molar-refractivity contribution in [3.05, 3.63) is 70.9 Å². The maximum atomic E-state index is 14.2. The molecule has 2 N–H and O–H groups in total. The summed E-state index contributed by atoms with van der Waals surface area (Å²) in [6.07, 6.45) is 0. The van der Waals surface area contributed by atoms with Gasteiger partial charge >= 0.3 is 0 Å². The van der Waals surface area contributed by atoms with Gasteiger partial charge in [0, 0.05) is 11.3 Å². The van der Waals surface area contributed by atoms with Crippen molar-refractivity contribution in [2.45, 2.75) is 13.8 Å². The van der Waals surface area contributed by atoms with Gasteiger partial charge in [0.25, 0.3) is 11.8 Å². The highest BCUT2D eigenvalue weighted by Gasteiger charge is 2.18. The average Bonchev–Trinajstić information content (AvgIpc) is 3.29. The molecule has 0 aliphatic carbocycles. The SMILES string of the molecule is Cc1cc(C(=O)Nc2cc(NC(=O)c3ccc4c(c3)OCO4)ccc2F)c(C)o1. The second-order valence-electron chi connectivity index (χ2n) is 6.50. The van der Waals surface area contributed by atoms with Crippen LogP contribution < -0.4 is 20.1 Å². The smallest absolute Gasteiger partial charge is 0.259 e. The molecule has 3 aromatic rings. The molecule has 0 fully saturated rings. The predicted octanol–water partition coefficient (Wildman–Crippen LogP) is 4.27. The van der Waals surface area contributed by atoms with Gasteiger partial charge in [0.15, 0.2) is 11.5 Å². The molecule has 7 nitrogen and oxygen atoms in total. The maximum absolute atomic E-state index is 14.2. The molecule has 0 atom stereocenters. The molecule has 148 valence electrons. The van der Waals surface area contributed by atoms with E-state index in [0.29, 0.717) is 39.8 Å². The van der Waals surface area contributed by atoms with Crippen LogP contribution in [0.5, 0.6) is 11.5 Å². The zero-order valence-corrected chi connectivity index (χ0v) is 15.7. The summed E-state index contributed by atoms with van der Waals surface area (Å²) < 4.78 is 30.0. The van der Waals surface area contributed by atoms with E-state index in [1.807, 2.05) is 0 Å². The summed E-state index contributed by atoms with van der Waals surface area (Å²) in [5, 5.41) is 5.18. The van der Waals surface area contributed by atoms with E-state index in [1.54, 1.807) is 38.1 Å². The minimum Gasteiger partial charge on any atom is -0.466 e. The largest absolute Gasteiger partial charge is 0.466 e. The third kappa shape index (κ3) is 3.77. The summed E-state index contributed by atoms with van der Waals surface area (Å²) in [6.45, 7) is 3.48. The second-order valence-corrected chi connectivity index (χ2v) is 6.50. The fourth-order valence-electron chi connectivity index (χ4n) is 2.99. The van der Waals surface area contributed by atoms with Gasteiger partial charge in [0.1, 0.15) is 17.3 Å². The normalized spacial score (nSPS) is 12.0. The van der Waals surface area contributed by atoms with Crippen molar-refractivity contribution < 1.29 is 27.9 Å². The number of hydrogen-bond donors (Lipinski definition) is 2. The molecule has 1 aliphatic heterocycles. The first-order chi connectivity index (χ1) is 13.9. The molecule has 4 rings (SSSR count). The zero-order valence-electron chi connectivity index (χ0n) is 15.7. The van der Waals surface area contributed by atoms with Gasteiger partial charge in [0.2, 0.25) is 6.79 Å². The van der Waals surface area contributed by atoms with Crippen LogP contribution in [0.4, 0.5) is 15.8 Å². The Morgan fingerprint density at radius 3 is 2.48 bits per heavy atom. The molecule has 0 saturated heterocycles. The van der Waals surface area contributed by atoms with E-state index in [9.17, 15) is 14.0 Å². The Hall–Kier alpha value is -3.81. The first kappa shape index (κ1) is 18.5. The highest BCUT2D eigenvalue weighted by atomic mass is 19.1. The second kappa shape index (κ2) is 7.31. The summed E-state index contributed by atoms with van der Waals surface area (Å²) in [5.41, 5.74) is 0.937. The van der Waals surface area contributed by atoms with Crippen LogP contribution in [-0.4, -0.2) is 18.6 Å². The van der Waals surface area contributed by atoms with Crippen molar-refractivity contribution in [3.8, 4) is 11.5 Å². The van der Waals surface area contributed by atoms with Crippen molar-refractivity contribution in [3.63, 3.8) is 0 Å². The lowest BCUT2D eigenvalue weighted by atomic mass is 10.1. The lowest BCUT2D eigenvalue weighted by Gasteiger charge is -2.10. The molecule has 2 aromatic carbocycles. The molecule has 0 spiro atoms. The summed E-state index contributed by atoms with van der Waals surface area (Å²) >= 11 is 0. The molecule has 0 unspecified atom stereocenters. The van der Waals surface area contributed by atoms with Crippen LogP contribution in [0.3, 0.4) is 0 Å². The standard InChI is InChI=1S/C21H17FN2O5/c1-11-7-15(12(2)29-11)21(26)24-17-9-14(4-5-16(17)22)23-20(25)13-3-6-18-19(8-13)28-10-27-18/h3-9H,10H2,1-2H3,(H,23,25)(H,24,26). The zero-order chi connectivity index (χ0) is 20.5. The number of anilines is 2. The summed E-state index contributed by atoms with van der Waals surface area (Å²) in [7, 11) is 0. The number of furan rings is 1. The number of halogens is 1. The molecular formula is C21H17FN2O5. The number of aryl methyl sites for hydroxylation is 2. The quantitative estimate of drug-likeness (QED) is 0.687. The molecule has 0 radical (unpaired) electrons. The van der Waals surface area contributed by atoms with Crippen molar-refractivity contribution in [2.75, 3.05) is 17.4 Å². The first-order valence-electron chi connectivity index (χ1n) is 8.79. The maximum Gasteiger partial charge on any atom is 0.259 e. The van der Waals surface area contributed by atoms with Crippen LogP contribution in [0.25, 0.3) is 0 Å². The topological polar surface area (TPSA) is 89.8 Å². The van der Waals surface area contributed by atoms with Gasteiger partial charge in [0.05, 0.1) is 11.3 Å². The monoisotopic (exact) mass is 396 g/mol. The Morgan fingerprint density at radius 1 is 0.931 bits per heavy atom. The molecule has 1 aliphatic rings. The number of carbonyl (C=O) groups is 2. The van der Waals surface area contributed by atoms with Crippen molar-refractivity contribution >= 4 is 23.2 Å². The van der Waals surface area contributed by atoms with Crippen LogP contribution in [0.15, 0.2) is 46.9 Å². The highest BCUT2D eigenvalue weighted by molar-refractivity contribution is 6.07. The van der Waals surface area contributed by atoms with Gasteiger partial charge in [-0.25, -0.2) is 4.39 Å². The number of nitrogens with one attached hydrogen (secondary N) is 2. The van der Waals surface area contributed by atoms with Gasteiger partial charge in [-0.1, -0.05) is 0 Å². The number of ether oxygens (including phenoxy) is 2. The number of carbonyl (C=O) groups excluding carboxylic acids is 2. The number of hydrogen-bond acceptors (Lipinski definition) is 5. The van der Waals surface area contributed by atoms with Crippen molar-refractivity contribution in [1.29, 1.82) is 0 Å². The molecule has 8 heteroatoms. The minimum atomic E-state index is -0.628. The fourth-order valence-corrected chi connectivity index (χ4v) is 2.99. The number of benzene rings is 2. The molecule has 1 aromatic heterocycles. The number of amides is 2. The van der Waals surface area contributed by atoms with Crippen molar-refractivity contribution in [2.24, 2.45) is 0 Å². The molecule has 0 saturated carbocycles.